The largest absolute Gasteiger partial charge is 0.495 e. The van der Waals surface area contributed by atoms with Crippen LogP contribution >= 0.6 is 15.9 Å². The average molecular weight is 349 g/mol. The highest BCUT2D eigenvalue weighted by Crippen LogP contribution is 2.23. The number of hydrogen-bond acceptors (Lipinski definition) is 3. The Hall–Kier alpha value is -2.01. The first kappa shape index (κ1) is 15.4. The van der Waals surface area contributed by atoms with Crippen molar-refractivity contribution in [3.05, 3.63) is 53.0 Å². The molecule has 0 fully saturated rings. The number of nitrogens with one attached hydrogen (secondary N) is 2. The van der Waals surface area contributed by atoms with Crippen molar-refractivity contribution in [2.75, 3.05) is 24.3 Å². The Labute approximate surface area is 132 Å². The first-order valence-electron chi connectivity index (χ1n) is 6.62. The van der Waals surface area contributed by atoms with Crippen LogP contribution in [0.5, 0.6) is 5.75 Å². The monoisotopic (exact) mass is 348 g/mol. The summed E-state index contributed by atoms with van der Waals surface area (Å²) in [5.41, 5.74) is 1.66. The molecule has 0 aromatic heterocycles. The summed E-state index contributed by atoms with van der Waals surface area (Å²) < 4.78 is 6.18. The van der Waals surface area contributed by atoms with Gasteiger partial charge in [-0.1, -0.05) is 24.3 Å². The minimum absolute atomic E-state index is 0.0564. The van der Waals surface area contributed by atoms with E-state index in [4.69, 9.17) is 4.74 Å². The van der Waals surface area contributed by atoms with Crippen LogP contribution in [-0.4, -0.2) is 19.6 Å². The molecule has 2 aromatic rings. The van der Waals surface area contributed by atoms with Gasteiger partial charge in [-0.2, -0.15) is 0 Å². The molecule has 0 saturated carbocycles. The lowest BCUT2D eigenvalue weighted by Crippen LogP contribution is -2.16. The molecule has 21 heavy (non-hydrogen) atoms. The number of methoxy groups -OCH3 is 1. The summed E-state index contributed by atoms with van der Waals surface area (Å²) in [6.45, 7) is 0.559. The number of carbonyl (C=O) groups is 1. The minimum atomic E-state index is -0.0564. The van der Waals surface area contributed by atoms with Gasteiger partial charge >= 0.3 is 0 Å². The van der Waals surface area contributed by atoms with Crippen molar-refractivity contribution in [1.29, 1.82) is 0 Å². The van der Waals surface area contributed by atoms with E-state index in [1.165, 1.54) is 0 Å². The van der Waals surface area contributed by atoms with Crippen LogP contribution in [0.3, 0.4) is 0 Å². The van der Waals surface area contributed by atoms with Gasteiger partial charge in [0, 0.05) is 23.1 Å². The Morgan fingerprint density at radius 1 is 1.10 bits per heavy atom. The van der Waals surface area contributed by atoms with Gasteiger partial charge < -0.3 is 15.4 Å². The molecule has 4 nitrogen and oxygen atoms in total. The molecule has 0 aliphatic carbocycles. The standard InChI is InChI=1S/C16H17BrN2O2/c1-21-15-9-5-4-8-14(15)19-16(20)10-11-18-13-7-3-2-6-12(13)17/h2-9,18H,10-11H2,1H3,(H,19,20). The third-order valence-corrected chi connectivity index (χ3v) is 3.61. The van der Waals surface area contributed by atoms with Gasteiger partial charge in [-0.25, -0.2) is 0 Å². The highest BCUT2D eigenvalue weighted by molar-refractivity contribution is 9.10. The number of amides is 1. The van der Waals surface area contributed by atoms with Gasteiger partial charge in [0.05, 0.1) is 12.8 Å². The van der Waals surface area contributed by atoms with Crippen LogP contribution in [0.15, 0.2) is 53.0 Å². The highest BCUT2D eigenvalue weighted by Gasteiger charge is 2.06. The van der Waals surface area contributed by atoms with E-state index in [2.05, 4.69) is 26.6 Å². The van der Waals surface area contributed by atoms with Crippen LogP contribution in [0.1, 0.15) is 6.42 Å². The highest BCUT2D eigenvalue weighted by atomic mass is 79.9. The predicted molar refractivity (Wildman–Crippen MR) is 88.9 cm³/mol. The summed E-state index contributed by atoms with van der Waals surface area (Å²) in [5.74, 6) is 0.601. The number of para-hydroxylation sites is 3. The second-order valence-corrected chi connectivity index (χ2v) is 5.26. The molecule has 5 heteroatoms. The second kappa shape index (κ2) is 7.69. The quantitative estimate of drug-likeness (QED) is 0.832. The SMILES string of the molecule is COc1ccccc1NC(=O)CCNc1ccccc1Br. The molecule has 0 saturated heterocycles. The molecule has 0 bridgehead atoms. The van der Waals surface area contributed by atoms with E-state index >= 15 is 0 Å². The summed E-state index contributed by atoms with van der Waals surface area (Å²) in [6.07, 6.45) is 0.374. The fourth-order valence-corrected chi connectivity index (χ4v) is 2.30. The van der Waals surface area contributed by atoms with E-state index in [0.29, 0.717) is 24.4 Å². The molecule has 0 radical (unpaired) electrons. The molecule has 2 aromatic carbocycles. The molecule has 0 aliphatic rings. The maximum absolute atomic E-state index is 11.9. The predicted octanol–water partition coefficient (Wildman–Crippen LogP) is 3.90. The number of rotatable bonds is 6. The number of ether oxygens (including phenoxy) is 1. The molecule has 1 amide bonds. The third-order valence-electron chi connectivity index (χ3n) is 2.92. The lowest BCUT2D eigenvalue weighted by molar-refractivity contribution is -0.115. The van der Waals surface area contributed by atoms with Gasteiger partial charge in [0.1, 0.15) is 5.75 Å². The molecule has 2 rings (SSSR count). The molecule has 110 valence electrons. The summed E-state index contributed by atoms with van der Waals surface area (Å²) in [4.78, 5) is 11.9. The van der Waals surface area contributed by atoms with E-state index in [1.54, 1.807) is 7.11 Å². The maximum atomic E-state index is 11.9. The fraction of sp³-hybridized carbons (Fsp3) is 0.188. The average Bonchev–Trinajstić information content (AvgIpc) is 2.50. The molecular weight excluding hydrogens is 332 g/mol. The Kier molecular flexibility index (Phi) is 5.63. The number of hydrogen-bond donors (Lipinski definition) is 2. The van der Waals surface area contributed by atoms with Gasteiger partial charge in [-0.3, -0.25) is 4.79 Å². The van der Waals surface area contributed by atoms with Crippen molar-refractivity contribution in [2.24, 2.45) is 0 Å². The molecule has 0 aliphatic heterocycles. The van der Waals surface area contributed by atoms with Crippen molar-refractivity contribution >= 4 is 33.2 Å². The van der Waals surface area contributed by atoms with Gasteiger partial charge in [0.2, 0.25) is 5.91 Å². The number of benzene rings is 2. The zero-order valence-corrected chi connectivity index (χ0v) is 13.3. The van der Waals surface area contributed by atoms with Gasteiger partial charge in [0.25, 0.3) is 0 Å². The van der Waals surface area contributed by atoms with Crippen LogP contribution in [0, 0.1) is 0 Å². The van der Waals surface area contributed by atoms with E-state index in [0.717, 1.165) is 10.2 Å². The Bertz CT molecular complexity index is 617. The topological polar surface area (TPSA) is 50.4 Å². The van der Waals surface area contributed by atoms with Gasteiger partial charge in [-0.05, 0) is 40.2 Å². The molecule has 0 heterocycles. The zero-order chi connectivity index (χ0) is 15.1. The van der Waals surface area contributed by atoms with Crippen LogP contribution in [-0.2, 0) is 4.79 Å². The Morgan fingerprint density at radius 3 is 2.48 bits per heavy atom. The number of anilines is 2. The zero-order valence-electron chi connectivity index (χ0n) is 11.7. The van der Waals surface area contributed by atoms with Crippen molar-refractivity contribution in [3.63, 3.8) is 0 Å². The Morgan fingerprint density at radius 2 is 1.76 bits per heavy atom. The van der Waals surface area contributed by atoms with Crippen LogP contribution in [0.4, 0.5) is 11.4 Å². The molecule has 0 atom stereocenters. The van der Waals surface area contributed by atoms with Crippen molar-refractivity contribution in [2.45, 2.75) is 6.42 Å². The summed E-state index contributed by atoms with van der Waals surface area (Å²) in [5, 5.41) is 6.07. The summed E-state index contributed by atoms with van der Waals surface area (Å²) in [6, 6.07) is 15.2. The fourth-order valence-electron chi connectivity index (χ4n) is 1.88. The van der Waals surface area contributed by atoms with Crippen molar-refractivity contribution < 1.29 is 9.53 Å². The maximum Gasteiger partial charge on any atom is 0.226 e. The summed E-state index contributed by atoms with van der Waals surface area (Å²) in [7, 11) is 1.58. The van der Waals surface area contributed by atoms with E-state index in [9.17, 15) is 4.79 Å². The van der Waals surface area contributed by atoms with E-state index in [-0.39, 0.29) is 5.91 Å². The first-order chi connectivity index (χ1) is 10.2. The minimum Gasteiger partial charge on any atom is -0.495 e. The first-order valence-corrected chi connectivity index (χ1v) is 7.41. The van der Waals surface area contributed by atoms with E-state index in [1.807, 2.05) is 48.5 Å². The third kappa shape index (κ3) is 4.49. The lowest BCUT2D eigenvalue weighted by Gasteiger charge is -2.11. The van der Waals surface area contributed by atoms with Crippen LogP contribution in [0.2, 0.25) is 0 Å². The molecule has 0 unspecified atom stereocenters. The Balaban J connectivity index is 1.84. The van der Waals surface area contributed by atoms with Crippen LogP contribution in [0.25, 0.3) is 0 Å². The van der Waals surface area contributed by atoms with Gasteiger partial charge in [0.15, 0.2) is 0 Å². The number of carbonyl (C=O) groups excluding carboxylic acids is 1. The van der Waals surface area contributed by atoms with E-state index < -0.39 is 0 Å². The van der Waals surface area contributed by atoms with Crippen molar-refractivity contribution in [3.8, 4) is 5.75 Å². The number of halogens is 1. The van der Waals surface area contributed by atoms with Crippen LogP contribution < -0.4 is 15.4 Å². The lowest BCUT2D eigenvalue weighted by atomic mass is 10.2. The molecular formula is C16H17BrN2O2. The normalized spacial score (nSPS) is 10.0. The molecule has 0 spiro atoms. The van der Waals surface area contributed by atoms with Crippen molar-refractivity contribution in [1.82, 2.24) is 0 Å². The second-order valence-electron chi connectivity index (χ2n) is 4.41. The smallest absolute Gasteiger partial charge is 0.226 e. The molecule has 2 N–H and O–H groups in total. The summed E-state index contributed by atoms with van der Waals surface area (Å²) >= 11 is 3.46. The van der Waals surface area contributed by atoms with Gasteiger partial charge in [-0.15, -0.1) is 0 Å².